The number of halogens is 3. The summed E-state index contributed by atoms with van der Waals surface area (Å²) < 4.78 is 46.1. The highest BCUT2D eigenvalue weighted by Crippen LogP contribution is 2.32. The van der Waals surface area contributed by atoms with E-state index < -0.39 is 17.6 Å². The van der Waals surface area contributed by atoms with Crippen LogP contribution in [-0.4, -0.2) is 22.0 Å². The summed E-state index contributed by atoms with van der Waals surface area (Å²) in [6.45, 7) is 1.11. The monoisotopic (exact) mass is 413 g/mol. The summed E-state index contributed by atoms with van der Waals surface area (Å²) in [6, 6.07) is 15.5. The fourth-order valence-electron chi connectivity index (χ4n) is 3.19. The van der Waals surface area contributed by atoms with Crippen LogP contribution in [0.15, 0.2) is 71.4 Å². The van der Waals surface area contributed by atoms with Gasteiger partial charge in [0, 0.05) is 18.7 Å². The number of imidazole rings is 1. The van der Waals surface area contributed by atoms with Crippen LogP contribution in [0.3, 0.4) is 0 Å². The van der Waals surface area contributed by atoms with E-state index in [1.165, 1.54) is 24.3 Å². The summed E-state index contributed by atoms with van der Waals surface area (Å²) in [5, 5.41) is 2.76. The normalized spacial score (nSPS) is 11.7. The van der Waals surface area contributed by atoms with E-state index in [2.05, 4.69) is 10.3 Å². The summed E-state index contributed by atoms with van der Waals surface area (Å²) >= 11 is 0. The highest BCUT2D eigenvalue weighted by Gasteiger charge is 2.30. The lowest BCUT2D eigenvalue weighted by molar-refractivity contribution is -0.137. The summed E-state index contributed by atoms with van der Waals surface area (Å²) in [6.07, 6.45) is -1.99. The van der Waals surface area contributed by atoms with Gasteiger partial charge in [-0.3, -0.25) is 4.79 Å². The Bertz CT molecular complexity index is 1180. The molecule has 154 valence electrons. The first kappa shape index (κ1) is 19.8. The van der Waals surface area contributed by atoms with Gasteiger partial charge < -0.3 is 14.3 Å². The molecule has 8 heteroatoms. The Labute approximate surface area is 170 Å². The lowest BCUT2D eigenvalue weighted by atomic mass is 10.1. The van der Waals surface area contributed by atoms with Crippen LogP contribution >= 0.6 is 0 Å². The number of benzene rings is 2. The molecule has 0 radical (unpaired) electrons. The maximum atomic E-state index is 12.9. The number of nitrogens with one attached hydrogen (secondary N) is 1. The van der Waals surface area contributed by atoms with Crippen LogP contribution in [0.2, 0.25) is 0 Å². The predicted molar refractivity (Wildman–Crippen MR) is 106 cm³/mol. The molecule has 30 heavy (non-hydrogen) atoms. The molecule has 0 aliphatic carbocycles. The third-order valence-electron chi connectivity index (χ3n) is 4.69. The van der Waals surface area contributed by atoms with E-state index in [-0.39, 0.29) is 17.1 Å². The average molecular weight is 413 g/mol. The number of furan rings is 1. The number of fused-ring (bicyclic) bond motifs is 1. The van der Waals surface area contributed by atoms with Crippen molar-refractivity contribution in [2.75, 3.05) is 6.54 Å². The molecule has 0 fully saturated rings. The van der Waals surface area contributed by atoms with Crippen LogP contribution in [0, 0.1) is 0 Å². The Hall–Kier alpha value is -3.55. The van der Waals surface area contributed by atoms with Gasteiger partial charge in [-0.05, 0) is 42.8 Å². The SMILES string of the molecule is O=C(NCCCn1cnc2ccccc21)c1ccc(-c2cccc(C(F)(F)F)c2)o1. The van der Waals surface area contributed by atoms with Crippen molar-refractivity contribution in [2.45, 2.75) is 19.1 Å². The van der Waals surface area contributed by atoms with E-state index in [4.69, 9.17) is 4.42 Å². The van der Waals surface area contributed by atoms with E-state index in [1.54, 1.807) is 6.33 Å². The van der Waals surface area contributed by atoms with E-state index >= 15 is 0 Å². The summed E-state index contributed by atoms with van der Waals surface area (Å²) in [5.41, 5.74) is 1.44. The van der Waals surface area contributed by atoms with Gasteiger partial charge >= 0.3 is 6.18 Å². The standard InChI is InChI=1S/C22H18F3N3O2/c23-22(24,25)16-6-3-5-15(13-16)19-9-10-20(30-19)21(29)26-11-4-12-28-14-27-17-7-1-2-8-18(17)28/h1-3,5-10,13-14H,4,11-12H2,(H,26,29). The molecule has 2 aromatic heterocycles. The predicted octanol–water partition coefficient (Wildman–Crippen LogP) is 5.14. The Morgan fingerprint density at radius 1 is 1.07 bits per heavy atom. The number of hydrogen-bond acceptors (Lipinski definition) is 3. The number of carbonyl (C=O) groups excluding carboxylic acids is 1. The van der Waals surface area contributed by atoms with Crippen molar-refractivity contribution in [3.63, 3.8) is 0 Å². The number of para-hydroxylation sites is 2. The van der Waals surface area contributed by atoms with Gasteiger partial charge in [-0.25, -0.2) is 4.98 Å². The molecule has 2 aromatic carbocycles. The quantitative estimate of drug-likeness (QED) is 0.446. The minimum Gasteiger partial charge on any atom is -0.451 e. The van der Waals surface area contributed by atoms with Gasteiger partial charge in [0.2, 0.25) is 0 Å². The lowest BCUT2D eigenvalue weighted by Gasteiger charge is -2.07. The zero-order chi connectivity index (χ0) is 21.1. The second-order valence-corrected chi connectivity index (χ2v) is 6.78. The van der Waals surface area contributed by atoms with Crippen LogP contribution in [0.5, 0.6) is 0 Å². The topological polar surface area (TPSA) is 60.1 Å². The van der Waals surface area contributed by atoms with Gasteiger partial charge in [0.1, 0.15) is 5.76 Å². The molecule has 0 atom stereocenters. The van der Waals surface area contributed by atoms with Crippen molar-refractivity contribution in [2.24, 2.45) is 0 Å². The van der Waals surface area contributed by atoms with Crippen LogP contribution in [0.25, 0.3) is 22.4 Å². The number of nitrogens with zero attached hydrogens (tertiary/aromatic N) is 2. The molecule has 2 heterocycles. The molecule has 4 aromatic rings. The van der Waals surface area contributed by atoms with Crippen molar-refractivity contribution < 1.29 is 22.4 Å². The fraction of sp³-hybridized carbons (Fsp3) is 0.182. The molecule has 0 spiro atoms. The van der Waals surface area contributed by atoms with Gasteiger partial charge in [0.15, 0.2) is 5.76 Å². The number of aromatic nitrogens is 2. The fourth-order valence-corrected chi connectivity index (χ4v) is 3.19. The average Bonchev–Trinajstić information content (AvgIpc) is 3.38. The molecule has 5 nitrogen and oxygen atoms in total. The first-order valence-electron chi connectivity index (χ1n) is 9.37. The number of aryl methyl sites for hydroxylation is 1. The Kier molecular flexibility index (Phi) is 5.31. The summed E-state index contributed by atoms with van der Waals surface area (Å²) in [5.74, 6) is -0.157. The van der Waals surface area contributed by atoms with Crippen LogP contribution in [-0.2, 0) is 12.7 Å². The molecule has 0 aliphatic heterocycles. The first-order chi connectivity index (χ1) is 14.4. The summed E-state index contributed by atoms with van der Waals surface area (Å²) in [4.78, 5) is 16.6. The molecule has 1 N–H and O–H groups in total. The molecule has 0 aliphatic rings. The van der Waals surface area contributed by atoms with E-state index in [1.807, 2.05) is 28.8 Å². The van der Waals surface area contributed by atoms with Gasteiger partial charge in [-0.15, -0.1) is 0 Å². The Morgan fingerprint density at radius 3 is 2.73 bits per heavy atom. The Morgan fingerprint density at radius 2 is 1.90 bits per heavy atom. The number of hydrogen-bond donors (Lipinski definition) is 1. The number of rotatable bonds is 6. The molecule has 0 unspecified atom stereocenters. The smallest absolute Gasteiger partial charge is 0.416 e. The maximum absolute atomic E-state index is 12.9. The molecule has 0 bridgehead atoms. The van der Waals surface area contributed by atoms with Gasteiger partial charge in [-0.2, -0.15) is 13.2 Å². The third-order valence-corrected chi connectivity index (χ3v) is 4.69. The largest absolute Gasteiger partial charge is 0.451 e. The Balaban J connectivity index is 1.34. The summed E-state index contributed by atoms with van der Waals surface area (Å²) in [7, 11) is 0. The van der Waals surface area contributed by atoms with Crippen LogP contribution < -0.4 is 5.32 Å². The lowest BCUT2D eigenvalue weighted by Crippen LogP contribution is -2.24. The molecule has 4 rings (SSSR count). The van der Waals surface area contributed by atoms with E-state index in [9.17, 15) is 18.0 Å². The highest BCUT2D eigenvalue weighted by atomic mass is 19.4. The molecular formula is C22H18F3N3O2. The van der Waals surface area contributed by atoms with Gasteiger partial charge in [-0.1, -0.05) is 24.3 Å². The zero-order valence-corrected chi connectivity index (χ0v) is 15.8. The molecule has 1 amide bonds. The van der Waals surface area contributed by atoms with Crippen LogP contribution in [0.4, 0.5) is 13.2 Å². The minimum absolute atomic E-state index is 0.0514. The van der Waals surface area contributed by atoms with Crippen LogP contribution in [0.1, 0.15) is 22.5 Å². The van der Waals surface area contributed by atoms with Crippen molar-refractivity contribution in [3.8, 4) is 11.3 Å². The number of carbonyl (C=O) groups is 1. The minimum atomic E-state index is -4.44. The van der Waals surface area contributed by atoms with E-state index in [0.29, 0.717) is 19.5 Å². The number of alkyl halides is 3. The van der Waals surface area contributed by atoms with Gasteiger partial charge in [0.25, 0.3) is 5.91 Å². The molecular weight excluding hydrogens is 395 g/mol. The zero-order valence-electron chi connectivity index (χ0n) is 15.8. The van der Waals surface area contributed by atoms with E-state index in [0.717, 1.165) is 23.2 Å². The molecule has 0 saturated carbocycles. The second-order valence-electron chi connectivity index (χ2n) is 6.78. The first-order valence-corrected chi connectivity index (χ1v) is 9.37. The van der Waals surface area contributed by atoms with Crippen molar-refractivity contribution in [3.05, 3.63) is 78.3 Å². The van der Waals surface area contributed by atoms with Crippen molar-refractivity contribution in [1.29, 1.82) is 0 Å². The van der Waals surface area contributed by atoms with Crippen molar-refractivity contribution >= 4 is 16.9 Å². The van der Waals surface area contributed by atoms with Gasteiger partial charge in [0.05, 0.1) is 22.9 Å². The maximum Gasteiger partial charge on any atom is 0.416 e. The number of amides is 1. The third kappa shape index (κ3) is 4.22. The molecule has 0 saturated heterocycles. The highest BCUT2D eigenvalue weighted by molar-refractivity contribution is 5.92. The van der Waals surface area contributed by atoms with Crippen molar-refractivity contribution in [1.82, 2.24) is 14.9 Å². The second kappa shape index (κ2) is 8.06.